The van der Waals surface area contributed by atoms with Crippen LogP contribution in [-0.4, -0.2) is 16.0 Å². The predicted molar refractivity (Wildman–Crippen MR) is 84.4 cm³/mol. The van der Waals surface area contributed by atoms with E-state index in [1.807, 2.05) is 32.0 Å². The molecule has 1 aliphatic rings. The van der Waals surface area contributed by atoms with Gasteiger partial charge in [0.15, 0.2) is 5.82 Å². The highest BCUT2D eigenvalue weighted by molar-refractivity contribution is 5.92. The lowest BCUT2D eigenvalue weighted by atomic mass is 10.1. The molecule has 2 aromatic rings. The van der Waals surface area contributed by atoms with Crippen molar-refractivity contribution in [1.82, 2.24) is 10.1 Å². The monoisotopic (exact) mass is 297 g/mol. The highest BCUT2D eigenvalue weighted by Gasteiger charge is 2.16. The molecule has 5 heteroatoms. The number of aryl methyl sites for hydroxylation is 1. The van der Waals surface area contributed by atoms with Crippen molar-refractivity contribution in [2.24, 2.45) is 0 Å². The van der Waals surface area contributed by atoms with E-state index in [0.717, 1.165) is 41.6 Å². The number of nitrogens with zero attached hydrogens (tertiary/aromatic N) is 2. The summed E-state index contributed by atoms with van der Waals surface area (Å²) < 4.78 is 5.23. The number of nitrogens with one attached hydrogen (secondary N) is 1. The van der Waals surface area contributed by atoms with Gasteiger partial charge in [-0.3, -0.25) is 4.79 Å². The maximum atomic E-state index is 12.1. The molecule has 1 aromatic heterocycles. The Kier molecular flexibility index (Phi) is 4.04. The average Bonchev–Trinajstić information content (AvgIpc) is 3.14. The van der Waals surface area contributed by atoms with E-state index in [1.165, 1.54) is 0 Å². The first-order valence-corrected chi connectivity index (χ1v) is 7.51. The first-order chi connectivity index (χ1) is 10.6. The third kappa shape index (κ3) is 3.08. The van der Waals surface area contributed by atoms with Gasteiger partial charge in [0.25, 0.3) is 5.89 Å². The van der Waals surface area contributed by atoms with Gasteiger partial charge in [0.1, 0.15) is 0 Å². The number of aromatic nitrogens is 2. The molecule has 0 radical (unpaired) electrons. The zero-order valence-corrected chi connectivity index (χ0v) is 12.8. The summed E-state index contributed by atoms with van der Waals surface area (Å²) in [6.45, 7) is 4.01. The molecule has 1 heterocycles. The summed E-state index contributed by atoms with van der Waals surface area (Å²) in [6, 6.07) is 5.84. The third-order valence-corrected chi connectivity index (χ3v) is 3.98. The van der Waals surface area contributed by atoms with Crippen LogP contribution in [-0.2, 0) is 11.2 Å². The number of amides is 1. The Morgan fingerprint density at radius 2 is 2.23 bits per heavy atom. The van der Waals surface area contributed by atoms with Gasteiger partial charge in [-0.25, -0.2) is 0 Å². The highest BCUT2D eigenvalue weighted by atomic mass is 16.5. The van der Waals surface area contributed by atoms with Crippen LogP contribution in [0.4, 0.5) is 5.69 Å². The SMILES string of the molecule is Cc1cccc(NC(=O)Cc2noc(C3=CCCC3)n2)c1C. The molecular formula is C17H19N3O2. The quantitative estimate of drug-likeness (QED) is 0.938. The third-order valence-electron chi connectivity index (χ3n) is 3.98. The number of carbonyl (C=O) groups excluding carboxylic acids is 1. The molecule has 1 N–H and O–H groups in total. The van der Waals surface area contributed by atoms with Gasteiger partial charge in [-0.15, -0.1) is 0 Å². The van der Waals surface area contributed by atoms with Crippen molar-refractivity contribution < 1.29 is 9.32 Å². The Morgan fingerprint density at radius 1 is 1.36 bits per heavy atom. The maximum Gasteiger partial charge on any atom is 0.253 e. The largest absolute Gasteiger partial charge is 0.334 e. The Hall–Kier alpha value is -2.43. The number of rotatable bonds is 4. The van der Waals surface area contributed by atoms with Crippen LogP contribution in [0, 0.1) is 13.8 Å². The molecule has 22 heavy (non-hydrogen) atoms. The number of allylic oxidation sites excluding steroid dienone is 2. The van der Waals surface area contributed by atoms with Crippen LogP contribution < -0.4 is 5.32 Å². The molecule has 5 nitrogen and oxygen atoms in total. The molecule has 0 atom stereocenters. The van der Waals surface area contributed by atoms with Gasteiger partial charge in [0.2, 0.25) is 5.91 Å². The van der Waals surface area contributed by atoms with Crippen LogP contribution in [0.3, 0.4) is 0 Å². The summed E-state index contributed by atoms with van der Waals surface area (Å²) in [4.78, 5) is 16.4. The van der Waals surface area contributed by atoms with Crippen molar-refractivity contribution in [3.05, 3.63) is 47.1 Å². The van der Waals surface area contributed by atoms with E-state index in [1.54, 1.807) is 0 Å². The number of hydrogen-bond donors (Lipinski definition) is 1. The van der Waals surface area contributed by atoms with Crippen molar-refractivity contribution in [2.45, 2.75) is 39.5 Å². The summed E-state index contributed by atoms with van der Waals surface area (Å²) in [5, 5.41) is 6.80. The van der Waals surface area contributed by atoms with Crippen molar-refractivity contribution in [3.8, 4) is 0 Å². The normalized spacial score (nSPS) is 14.0. The molecule has 0 saturated heterocycles. The lowest BCUT2D eigenvalue weighted by Crippen LogP contribution is -2.16. The number of anilines is 1. The smallest absolute Gasteiger partial charge is 0.253 e. The standard InChI is InChI=1S/C17H19N3O2/c1-11-6-5-9-14(12(11)2)18-16(21)10-15-19-17(22-20-15)13-7-3-4-8-13/h5-7,9H,3-4,8,10H2,1-2H3,(H,18,21). The molecule has 1 aliphatic carbocycles. The zero-order valence-electron chi connectivity index (χ0n) is 12.8. The van der Waals surface area contributed by atoms with Crippen molar-refractivity contribution in [2.75, 3.05) is 5.32 Å². The van der Waals surface area contributed by atoms with Gasteiger partial charge in [0.05, 0.1) is 6.42 Å². The number of hydrogen-bond acceptors (Lipinski definition) is 4. The Bertz CT molecular complexity index is 731. The van der Waals surface area contributed by atoms with Crippen LogP contribution in [0.5, 0.6) is 0 Å². The molecular weight excluding hydrogens is 278 g/mol. The fourth-order valence-corrected chi connectivity index (χ4v) is 2.55. The molecule has 0 unspecified atom stereocenters. The lowest BCUT2D eigenvalue weighted by Gasteiger charge is -2.09. The fourth-order valence-electron chi connectivity index (χ4n) is 2.55. The fraction of sp³-hybridized carbons (Fsp3) is 0.353. The van der Waals surface area contributed by atoms with Crippen LogP contribution in [0.15, 0.2) is 28.8 Å². The highest BCUT2D eigenvalue weighted by Crippen LogP contribution is 2.26. The summed E-state index contributed by atoms with van der Waals surface area (Å²) in [6.07, 6.45) is 5.38. The second-order valence-corrected chi connectivity index (χ2v) is 5.61. The van der Waals surface area contributed by atoms with Gasteiger partial charge in [-0.1, -0.05) is 23.4 Å². The first kappa shape index (κ1) is 14.5. The summed E-state index contributed by atoms with van der Waals surface area (Å²) in [7, 11) is 0. The molecule has 114 valence electrons. The van der Waals surface area contributed by atoms with Crippen molar-refractivity contribution in [3.63, 3.8) is 0 Å². The van der Waals surface area contributed by atoms with E-state index in [4.69, 9.17) is 4.52 Å². The molecule has 3 rings (SSSR count). The van der Waals surface area contributed by atoms with Gasteiger partial charge >= 0.3 is 0 Å². The molecule has 0 fully saturated rings. The lowest BCUT2D eigenvalue weighted by molar-refractivity contribution is -0.115. The van der Waals surface area contributed by atoms with Crippen molar-refractivity contribution in [1.29, 1.82) is 0 Å². The topological polar surface area (TPSA) is 68.0 Å². The minimum Gasteiger partial charge on any atom is -0.334 e. The molecule has 1 aromatic carbocycles. The van der Waals surface area contributed by atoms with Gasteiger partial charge in [-0.2, -0.15) is 4.98 Å². The van der Waals surface area contributed by atoms with E-state index in [9.17, 15) is 4.79 Å². The number of benzene rings is 1. The van der Waals surface area contributed by atoms with E-state index >= 15 is 0 Å². The minimum absolute atomic E-state index is 0.115. The molecule has 0 saturated carbocycles. The van der Waals surface area contributed by atoms with Crippen LogP contribution in [0.2, 0.25) is 0 Å². The molecule has 0 bridgehead atoms. The van der Waals surface area contributed by atoms with Crippen LogP contribution >= 0.6 is 0 Å². The average molecular weight is 297 g/mol. The molecule has 0 aliphatic heterocycles. The Morgan fingerprint density at radius 3 is 3.00 bits per heavy atom. The van der Waals surface area contributed by atoms with E-state index in [0.29, 0.717) is 11.7 Å². The summed E-state index contributed by atoms with van der Waals surface area (Å²) in [5.74, 6) is 0.832. The maximum absolute atomic E-state index is 12.1. The Labute approximate surface area is 129 Å². The van der Waals surface area contributed by atoms with Crippen LogP contribution in [0.1, 0.15) is 42.1 Å². The van der Waals surface area contributed by atoms with Gasteiger partial charge in [0, 0.05) is 11.3 Å². The van der Waals surface area contributed by atoms with Gasteiger partial charge in [-0.05, 0) is 50.3 Å². The minimum atomic E-state index is -0.138. The molecule has 0 spiro atoms. The summed E-state index contributed by atoms with van der Waals surface area (Å²) >= 11 is 0. The predicted octanol–water partition coefficient (Wildman–Crippen LogP) is 3.43. The summed E-state index contributed by atoms with van der Waals surface area (Å²) in [5.41, 5.74) is 4.13. The van der Waals surface area contributed by atoms with E-state index < -0.39 is 0 Å². The van der Waals surface area contributed by atoms with Gasteiger partial charge < -0.3 is 9.84 Å². The second kappa shape index (κ2) is 6.13. The zero-order chi connectivity index (χ0) is 15.5. The van der Waals surface area contributed by atoms with Crippen LogP contribution in [0.25, 0.3) is 5.57 Å². The Balaban J connectivity index is 1.66. The van der Waals surface area contributed by atoms with E-state index in [2.05, 4.69) is 21.5 Å². The van der Waals surface area contributed by atoms with Crippen molar-refractivity contribution >= 4 is 17.2 Å². The van der Waals surface area contributed by atoms with E-state index in [-0.39, 0.29) is 12.3 Å². The molecule has 1 amide bonds. The first-order valence-electron chi connectivity index (χ1n) is 7.51. The number of carbonyl (C=O) groups is 1. The second-order valence-electron chi connectivity index (χ2n) is 5.61.